The first-order chi connectivity index (χ1) is 13.7. The number of pyridine rings is 1. The second kappa shape index (κ2) is 8.13. The Labute approximate surface area is 164 Å². The van der Waals surface area contributed by atoms with Gasteiger partial charge in [0.25, 0.3) is 11.5 Å². The number of carbonyl (C=O) groups excluding carboxylic acids is 1. The maximum atomic E-state index is 12.8. The van der Waals surface area contributed by atoms with Gasteiger partial charge < -0.3 is 14.8 Å². The van der Waals surface area contributed by atoms with Gasteiger partial charge in [0.1, 0.15) is 5.56 Å². The molecular weight excluding hydrogens is 350 g/mol. The van der Waals surface area contributed by atoms with Crippen LogP contribution in [0.3, 0.4) is 0 Å². The topological polar surface area (TPSA) is 54.3 Å². The van der Waals surface area contributed by atoms with Crippen molar-refractivity contribution in [2.75, 3.05) is 23.3 Å². The highest BCUT2D eigenvalue weighted by atomic mass is 16.2. The maximum absolute atomic E-state index is 12.8. The SMILES string of the molecule is O=C(Nc1cccc(N2CCCC2)c1)c1cccn(Cc2ccccc2)c1=O. The predicted molar refractivity (Wildman–Crippen MR) is 112 cm³/mol. The molecule has 1 aromatic heterocycles. The molecule has 0 spiro atoms. The minimum atomic E-state index is -0.383. The van der Waals surface area contributed by atoms with Crippen molar-refractivity contribution in [3.05, 3.63) is 94.4 Å². The molecule has 4 rings (SSSR count). The summed E-state index contributed by atoms with van der Waals surface area (Å²) in [4.78, 5) is 27.8. The lowest BCUT2D eigenvalue weighted by Gasteiger charge is -2.18. The van der Waals surface area contributed by atoms with Crippen LogP contribution in [0.4, 0.5) is 11.4 Å². The number of amides is 1. The summed E-state index contributed by atoms with van der Waals surface area (Å²) in [5.41, 5.74) is 2.67. The number of hydrogen-bond donors (Lipinski definition) is 1. The number of benzene rings is 2. The molecule has 0 saturated carbocycles. The van der Waals surface area contributed by atoms with Gasteiger partial charge >= 0.3 is 0 Å². The van der Waals surface area contributed by atoms with Gasteiger partial charge in [0, 0.05) is 30.7 Å². The number of anilines is 2. The van der Waals surface area contributed by atoms with Gasteiger partial charge in [-0.3, -0.25) is 9.59 Å². The molecule has 1 aliphatic rings. The van der Waals surface area contributed by atoms with E-state index in [1.165, 1.54) is 12.8 Å². The van der Waals surface area contributed by atoms with Crippen molar-refractivity contribution in [3.63, 3.8) is 0 Å². The molecule has 142 valence electrons. The van der Waals surface area contributed by atoms with E-state index in [0.29, 0.717) is 12.2 Å². The molecule has 0 bridgehead atoms. The van der Waals surface area contributed by atoms with Crippen LogP contribution in [-0.4, -0.2) is 23.6 Å². The lowest BCUT2D eigenvalue weighted by Crippen LogP contribution is -2.29. The summed E-state index contributed by atoms with van der Waals surface area (Å²) >= 11 is 0. The van der Waals surface area contributed by atoms with Gasteiger partial charge in [-0.2, -0.15) is 0 Å². The Morgan fingerprint density at radius 1 is 0.929 bits per heavy atom. The van der Waals surface area contributed by atoms with Gasteiger partial charge in [-0.25, -0.2) is 0 Å². The molecule has 1 aliphatic heterocycles. The average Bonchev–Trinajstić information content (AvgIpc) is 3.25. The quantitative estimate of drug-likeness (QED) is 0.741. The highest BCUT2D eigenvalue weighted by Crippen LogP contribution is 2.23. The molecule has 0 unspecified atom stereocenters. The summed E-state index contributed by atoms with van der Waals surface area (Å²) in [5.74, 6) is -0.383. The number of hydrogen-bond acceptors (Lipinski definition) is 3. The molecule has 28 heavy (non-hydrogen) atoms. The largest absolute Gasteiger partial charge is 0.371 e. The van der Waals surface area contributed by atoms with Crippen molar-refractivity contribution in [2.45, 2.75) is 19.4 Å². The Morgan fingerprint density at radius 3 is 2.50 bits per heavy atom. The fourth-order valence-corrected chi connectivity index (χ4v) is 3.57. The lowest BCUT2D eigenvalue weighted by molar-refractivity contribution is 0.102. The summed E-state index contributed by atoms with van der Waals surface area (Å²) < 4.78 is 1.56. The maximum Gasteiger partial charge on any atom is 0.263 e. The molecule has 0 radical (unpaired) electrons. The Kier molecular flexibility index (Phi) is 5.24. The molecule has 5 heteroatoms. The second-order valence-corrected chi connectivity index (χ2v) is 7.04. The van der Waals surface area contributed by atoms with E-state index in [9.17, 15) is 9.59 Å². The van der Waals surface area contributed by atoms with Crippen molar-refractivity contribution >= 4 is 17.3 Å². The third-order valence-corrected chi connectivity index (χ3v) is 5.04. The number of rotatable bonds is 5. The lowest BCUT2D eigenvalue weighted by atomic mass is 10.2. The smallest absolute Gasteiger partial charge is 0.263 e. The Bertz CT molecular complexity index is 1020. The van der Waals surface area contributed by atoms with Crippen LogP contribution in [0.2, 0.25) is 0 Å². The number of aromatic nitrogens is 1. The molecule has 1 saturated heterocycles. The van der Waals surface area contributed by atoms with Crippen LogP contribution in [0.5, 0.6) is 0 Å². The van der Waals surface area contributed by atoms with E-state index in [1.807, 2.05) is 48.5 Å². The van der Waals surface area contributed by atoms with E-state index in [1.54, 1.807) is 22.9 Å². The Hall–Kier alpha value is -3.34. The van der Waals surface area contributed by atoms with Crippen molar-refractivity contribution in [1.29, 1.82) is 0 Å². The van der Waals surface area contributed by atoms with Crippen molar-refractivity contribution in [2.24, 2.45) is 0 Å². The standard InChI is InChI=1S/C23H23N3O2/c27-22(24-19-10-6-11-20(16-19)25-13-4-5-14-25)21-12-7-15-26(23(21)28)17-18-8-2-1-3-9-18/h1-3,6-12,15-16H,4-5,13-14,17H2,(H,24,27). The predicted octanol–water partition coefficient (Wildman–Crippen LogP) is 3.75. The minimum absolute atomic E-state index is 0.144. The molecule has 5 nitrogen and oxygen atoms in total. The second-order valence-electron chi connectivity index (χ2n) is 7.04. The van der Waals surface area contributed by atoms with Gasteiger partial charge in [0.15, 0.2) is 0 Å². The summed E-state index contributed by atoms with van der Waals surface area (Å²) in [7, 11) is 0. The van der Waals surface area contributed by atoms with Gasteiger partial charge in [-0.15, -0.1) is 0 Å². The van der Waals surface area contributed by atoms with E-state index in [4.69, 9.17) is 0 Å². The molecule has 2 aromatic carbocycles. The van der Waals surface area contributed by atoms with Crippen molar-refractivity contribution < 1.29 is 4.79 Å². The first-order valence-electron chi connectivity index (χ1n) is 9.60. The summed E-state index contributed by atoms with van der Waals surface area (Å²) in [6, 6.07) is 20.8. The summed E-state index contributed by atoms with van der Waals surface area (Å²) in [6.07, 6.45) is 4.10. The zero-order valence-corrected chi connectivity index (χ0v) is 15.7. The van der Waals surface area contributed by atoms with E-state index in [0.717, 1.165) is 24.3 Å². The van der Waals surface area contributed by atoms with Crippen LogP contribution in [0.25, 0.3) is 0 Å². The van der Waals surface area contributed by atoms with E-state index in [-0.39, 0.29) is 17.0 Å². The van der Waals surface area contributed by atoms with Crippen LogP contribution < -0.4 is 15.8 Å². The number of nitrogens with zero attached hydrogens (tertiary/aromatic N) is 2. The number of nitrogens with one attached hydrogen (secondary N) is 1. The molecule has 3 aromatic rings. The van der Waals surface area contributed by atoms with Gasteiger partial charge in [-0.05, 0) is 48.7 Å². The fourth-order valence-electron chi connectivity index (χ4n) is 3.57. The van der Waals surface area contributed by atoms with E-state index < -0.39 is 0 Å². The van der Waals surface area contributed by atoms with E-state index >= 15 is 0 Å². The highest BCUT2D eigenvalue weighted by molar-refractivity contribution is 6.04. The normalized spacial score (nSPS) is 13.5. The van der Waals surface area contributed by atoms with E-state index in [2.05, 4.69) is 16.3 Å². The van der Waals surface area contributed by atoms with Gasteiger partial charge in [0.05, 0.1) is 6.54 Å². The summed E-state index contributed by atoms with van der Waals surface area (Å²) in [5, 5.41) is 2.88. The first kappa shape index (κ1) is 18.0. The monoisotopic (exact) mass is 373 g/mol. The fraction of sp³-hybridized carbons (Fsp3) is 0.217. The first-order valence-corrected chi connectivity index (χ1v) is 9.60. The Morgan fingerprint density at radius 2 is 1.71 bits per heavy atom. The molecule has 1 fully saturated rings. The molecule has 2 heterocycles. The molecular formula is C23H23N3O2. The van der Waals surface area contributed by atoms with Crippen molar-refractivity contribution in [3.8, 4) is 0 Å². The third kappa shape index (κ3) is 3.98. The van der Waals surface area contributed by atoms with Gasteiger partial charge in [0.2, 0.25) is 0 Å². The van der Waals surface area contributed by atoms with Crippen LogP contribution in [-0.2, 0) is 6.54 Å². The molecule has 1 N–H and O–H groups in total. The average molecular weight is 373 g/mol. The van der Waals surface area contributed by atoms with Crippen LogP contribution in [0, 0.1) is 0 Å². The molecule has 1 amide bonds. The van der Waals surface area contributed by atoms with Crippen LogP contribution >= 0.6 is 0 Å². The highest BCUT2D eigenvalue weighted by Gasteiger charge is 2.15. The summed E-state index contributed by atoms with van der Waals surface area (Å²) in [6.45, 7) is 2.52. The Balaban J connectivity index is 1.53. The molecule has 0 atom stereocenters. The third-order valence-electron chi connectivity index (χ3n) is 5.04. The molecule has 0 aliphatic carbocycles. The zero-order valence-electron chi connectivity index (χ0n) is 15.7. The van der Waals surface area contributed by atoms with Crippen molar-refractivity contribution in [1.82, 2.24) is 4.57 Å². The van der Waals surface area contributed by atoms with Crippen LogP contribution in [0.1, 0.15) is 28.8 Å². The zero-order chi connectivity index (χ0) is 19.3. The van der Waals surface area contributed by atoms with Gasteiger partial charge in [-0.1, -0.05) is 36.4 Å². The number of carbonyl (C=O) groups is 1. The van der Waals surface area contributed by atoms with Crippen LogP contribution in [0.15, 0.2) is 77.7 Å². The minimum Gasteiger partial charge on any atom is -0.371 e.